The average molecular weight is 319 g/mol. The second-order valence-electron chi connectivity index (χ2n) is 5.63. The molecule has 0 N–H and O–H groups in total. The van der Waals surface area contributed by atoms with Gasteiger partial charge in [0.2, 0.25) is 0 Å². The van der Waals surface area contributed by atoms with Crippen molar-refractivity contribution < 1.29 is 9.47 Å². The average Bonchev–Trinajstić information content (AvgIpc) is 2.65. The Balaban J connectivity index is 1.94. The molecule has 0 amide bonds. The van der Waals surface area contributed by atoms with Crippen LogP contribution in [0.25, 0.3) is 10.8 Å². The molecular weight excluding hydrogens is 298 g/mol. The molecule has 122 valence electrons. The molecule has 0 bridgehead atoms. The Kier molecular flexibility index (Phi) is 4.80. The van der Waals surface area contributed by atoms with Gasteiger partial charge in [-0.2, -0.15) is 0 Å². The maximum Gasteiger partial charge on any atom is 0.124 e. The molecule has 0 heterocycles. The summed E-state index contributed by atoms with van der Waals surface area (Å²) in [5.74, 6) is 1.62. The molecule has 3 heteroatoms. The number of nitrogens with zero attached hydrogens (tertiary/aromatic N) is 1. The topological polar surface area (TPSA) is 30.8 Å². The lowest BCUT2D eigenvalue weighted by atomic mass is 10.0. The van der Waals surface area contributed by atoms with E-state index in [1.54, 1.807) is 14.2 Å². The predicted molar refractivity (Wildman–Crippen MR) is 99.5 cm³/mol. The van der Waals surface area contributed by atoms with Crippen molar-refractivity contribution in [1.82, 2.24) is 0 Å². The smallest absolute Gasteiger partial charge is 0.124 e. The van der Waals surface area contributed by atoms with Crippen LogP contribution in [-0.4, -0.2) is 20.4 Å². The first-order chi connectivity index (χ1) is 11.7. The van der Waals surface area contributed by atoms with Crippen molar-refractivity contribution in [3.05, 3.63) is 71.8 Å². The monoisotopic (exact) mass is 319 g/mol. The third-order valence-corrected chi connectivity index (χ3v) is 4.15. The van der Waals surface area contributed by atoms with Crippen LogP contribution in [0.15, 0.2) is 65.7 Å². The SMILES string of the molecule is COc1ccc(OC)c([C@@H](C)N=Cc2cccc3ccccc23)c1. The highest BCUT2D eigenvalue weighted by atomic mass is 16.5. The van der Waals surface area contributed by atoms with Crippen molar-refractivity contribution in [3.63, 3.8) is 0 Å². The lowest BCUT2D eigenvalue weighted by Gasteiger charge is -2.13. The Bertz CT molecular complexity index is 865. The molecule has 0 saturated carbocycles. The number of hydrogen-bond donors (Lipinski definition) is 0. The standard InChI is InChI=1S/C21H21NO2/c1-15(20-13-18(23-2)11-12-21(20)24-3)22-14-17-9-6-8-16-7-4-5-10-19(16)17/h4-15H,1-3H3/t15-/m1/s1. The molecule has 0 aliphatic rings. The summed E-state index contributed by atoms with van der Waals surface area (Å²) >= 11 is 0. The van der Waals surface area contributed by atoms with Gasteiger partial charge in [-0.25, -0.2) is 0 Å². The van der Waals surface area contributed by atoms with Crippen LogP contribution in [0.2, 0.25) is 0 Å². The second kappa shape index (κ2) is 7.18. The van der Waals surface area contributed by atoms with Crippen molar-refractivity contribution in [1.29, 1.82) is 0 Å². The quantitative estimate of drug-likeness (QED) is 0.617. The molecule has 0 aliphatic carbocycles. The van der Waals surface area contributed by atoms with E-state index in [0.717, 1.165) is 22.6 Å². The predicted octanol–water partition coefficient (Wildman–Crippen LogP) is 5.04. The van der Waals surface area contributed by atoms with Gasteiger partial charge in [0.05, 0.1) is 20.3 Å². The number of aliphatic imine (C=N–C) groups is 1. The molecular formula is C21H21NO2. The number of hydrogen-bond acceptors (Lipinski definition) is 3. The lowest BCUT2D eigenvalue weighted by Crippen LogP contribution is -1.97. The zero-order valence-electron chi connectivity index (χ0n) is 14.2. The van der Waals surface area contributed by atoms with Gasteiger partial charge in [-0.15, -0.1) is 0 Å². The van der Waals surface area contributed by atoms with E-state index in [1.807, 2.05) is 36.5 Å². The molecule has 3 aromatic rings. The molecule has 3 rings (SSSR count). The van der Waals surface area contributed by atoms with E-state index in [1.165, 1.54) is 10.8 Å². The molecule has 24 heavy (non-hydrogen) atoms. The van der Waals surface area contributed by atoms with E-state index in [-0.39, 0.29) is 6.04 Å². The van der Waals surface area contributed by atoms with Crippen LogP contribution < -0.4 is 9.47 Å². The molecule has 0 saturated heterocycles. The normalized spacial score (nSPS) is 12.5. The molecule has 3 nitrogen and oxygen atoms in total. The molecule has 1 atom stereocenters. The van der Waals surface area contributed by atoms with Crippen molar-refractivity contribution in [2.75, 3.05) is 14.2 Å². The fourth-order valence-corrected chi connectivity index (χ4v) is 2.80. The molecule has 0 radical (unpaired) electrons. The third-order valence-electron chi connectivity index (χ3n) is 4.15. The minimum atomic E-state index is -0.0333. The first kappa shape index (κ1) is 16.1. The Labute approximate surface area is 142 Å². The van der Waals surface area contributed by atoms with Crippen molar-refractivity contribution in [2.45, 2.75) is 13.0 Å². The molecule has 0 unspecified atom stereocenters. The van der Waals surface area contributed by atoms with Crippen molar-refractivity contribution in [2.24, 2.45) is 4.99 Å². The largest absolute Gasteiger partial charge is 0.497 e. The minimum absolute atomic E-state index is 0.0333. The van der Waals surface area contributed by atoms with E-state index >= 15 is 0 Å². The van der Waals surface area contributed by atoms with Crippen molar-refractivity contribution >= 4 is 17.0 Å². The maximum absolute atomic E-state index is 5.46. The third kappa shape index (κ3) is 3.25. The summed E-state index contributed by atoms with van der Waals surface area (Å²) in [6.45, 7) is 2.05. The van der Waals surface area contributed by atoms with E-state index in [2.05, 4.69) is 37.3 Å². The summed E-state index contributed by atoms with van der Waals surface area (Å²) in [7, 11) is 3.34. The first-order valence-electron chi connectivity index (χ1n) is 7.96. The molecule has 3 aromatic carbocycles. The highest BCUT2D eigenvalue weighted by Crippen LogP contribution is 2.31. The van der Waals surface area contributed by atoms with Gasteiger partial charge >= 0.3 is 0 Å². The van der Waals surface area contributed by atoms with Crippen molar-refractivity contribution in [3.8, 4) is 11.5 Å². The summed E-state index contributed by atoms with van der Waals surface area (Å²) in [5.41, 5.74) is 2.12. The number of fused-ring (bicyclic) bond motifs is 1. The number of methoxy groups -OCH3 is 2. The zero-order chi connectivity index (χ0) is 16.9. The highest BCUT2D eigenvalue weighted by Gasteiger charge is 2.11. The zero-order valence-corrected chi connectivity index (χ0v) is 14.2. The molecule has 0 aromatic heterocycles. The highest BCUT2D eigenvalue weighted by molar-refractivity contribution is 5.99. The van der Waals surface area contributed by atoms with Gasteiger partial charge in [0.25, 0.3) is 0 Å². The van der Waals surface area contributed by atoms with E-state index < -0.39 is 0 Å². The van der Waals surface area contributed by atoms with Gasteiger partial charge in [0.1, 0.15) is 11.5 Å². The Morgan fingerprint density at radius 3 is 2.50 bits per heavy atom. The van der Waals surface area contributed by atoms with Gasteiger partial charge in [-0.3, -0.25) is 4.99 Å². The summed E-state index contributed by atoms with van der Waals surface area (Å²) in [6.07, 6.45) is 1.94. The van der Waals surface area contributed by atoms with Gasteiger partial charge < -0.3 is 9.47 Å². The fraction of sp³-hybridized carbons (Fsp3) is 0.190. The summed E-state index contributed by atoms with van der Waals surface area (Å²) < 4.78 is 10.8. The van der Waals surface area contributed by atoms with E-state index in [9.17, 15) is 0 Å². The Hall–Kier alpha value is -2.81. The lowest BCUT2D eigenvalue weighted by molar-refractivity contribution is 0.396. The Morgan fingerprint density at radius 2 is 1.71 bits per heavy atom. The van der Waals surface area contributed by atoms with Gasteiger partial charge in [-0.05, 0) is 35.9 Å². The molecule has 0 spiro atoms. The van der Waals surface area contributed by atoms with Crippen LogP contribution in [-0.2, 0) is 0 Å². The summed E-state index contributed by atoms with van der Waals surface area (Å²) in [5, 5.41) is 2.42. The fourth-order valence-electron chi connectivity index (χ4n) is 2.80. The minimum Gasteiger partial charge on any atom is -0.497 e. The maximum atomic E-state index is 5.46. The van der Waals surface area contributed by atoms with Crippen LogP contribution >= 0.6 is 0 Å². The van der Waals surface area contributed by atoms with Crippen LogP contribution in [0.3, 0.4) is 0 Å². The molecule has 0 fully saturated rings. The first-order valence-corrected chi connectivity index (χ1v) is 7.96. The number of benzene rings is 3. The van der Waals surface area contributed by atoms with Gasteiger partial charge in [0, 0.05) is 17.3 Å². The van der Waals surface area contributed by atoms with Crippen LogP contribution in [0, 0.1) is 0 Å². The van der Waals surface area contributed by atoms with E-state index in [4.69, 9.17) is 14.5 Å². The second-order valence-corrected chi connectivity index (χ2v) is 5.63. The summed E-state index contributed by atoms with van der Waals surface area (Å²) in [6, 6.07) is 20.3. The van der Waals surface area contributed by atoms with Gasteiger partial charge in [-0.1, -0.05) is 42.5 Å². The van der Waals surface area contributed by atoms with Crippen LogP contribution in [0.1, 0.15) is 24.1 Å². The number of ether oxygens (including phenoxy) is 2. The molecule has 0 aliphatic heterocycles. The summed E-state index contributed by atoms with van der Waals surface area (Å²) in [4.78, 5) is 4.74. The van der Waals surface area contributed by atoms with Crippen LogP contribution in [0.5, 0.6) is 11.5 Å². The number of rotatable bonds is 5. The van der Waals surface area contributed by atoms with Crippen LogP contribution in [0.4, 0.5) is 0 Å². The van der Waals surface area contributed by atoms with Gasteiger partial charge in [0.15, 0.2) is 0 Å². The van der Waals surface area contributed by atoms with E-state index in [0.29, 0.717) is 0 Å². The Morgan fingerprint density at radius 1 is 0.917 bits per heavy atom.